The van der Waals surface area contributed by atoms with Crippen molar-refractivity contribution in [1.29, 1.82) is 0 Å². The molecule has 23 heavy (non-hydrogen) atoms. The van der Waals surface area contributed by atoms with Gasteiger partial charge in [0.25, 0.3) is 0 Å². The van der Waals surface area contributed by atoms with Crippen LogP contribution in [-0.4, -0.2) is 24.1 Å². The molecule has 0 bridgehead atoms. The molecule has 1 aliphatic rings. The summed E-state index contributed by atoms with van der Waals surface area (Å²) in [5.41, 5.74) is 2.09. The van der Waals surface area contributed by atoms with E-state index in [0.29, 0.717) is 17.0 Å². The summed E-state index contributed by atoms with van der Waals surface area (Å²) in [5, 5.41) is 2.78. The maximum atomic E-state index is 12.3. The fourth-order valence-electron chi connectivity index (χ4n) is 2.36. The van der Waals surface area contributed by atoms with Crippen molar-refractivity contribution in [3.05, 3.63) is 54.1 Å². The summed E-state index contributed by atoms with van der Waals surface area (Å²) < 4.78 is 0. The summed E-state index contributed by atoms with van der Waals surface area (Å²) >= 11 is 1.49. The Labute approximate surface area is 138 Å². The largest absolute Gasteiger partial charge is 0.324 e. The molecular formula is C18H14N2O2S. The van der Waals surface area contributed by atoms with E-state index in [2.05, 4.69) is 11.2 Å². The Kier molecular flexibility index (Phi) is 4.35. The third-order valence-corrected chi connectivity index (χ3v) is 4.47. The number of rotatable bonds is 3. The fourth-order valence-corrected chi connectivity index (χ4v) is 3.29. The number of hydrogen-bond donors (Lipinski definition) is 1. The first-order valence-electron chi connectivity index (χ1n) is 7.06. The van der Waals surface area contributed by atoms with Gasteiger partial charge in [0, 0.05) is 16.1 Å². The van der Waals surface area contributed by atoms with E-state index in [1.165, 1.54) is 16.7 Å². The number of carbonyl (C=O) groups is 2. The van der Waals surface area contributed by atoms with Crippen LogP contribution in [0.4, 0.5) is 11.4 Å². The molecule has 0 saturated heterocycles. The van der Waals surface area contributed by atoms with Crippen LogP contribution in [0, 0.1) is 12.3 Å². The fraction of sp³-hybridized carbons (Fsp3) is 0.111. The maximum absolute atomic E-state index is 12.3. The quantitative estimate of drug-likeness (QED) is 0.884. The van der Waals surface area contributed by atoms with Crippen molar-refractivity contribution in [1.82, 2.24) is 0 Å². The van der Waals surface area contributed by atoms with Crippen molar-refractivity contribution in [2.75, 3.05) is 22.5 Å². The number of terminal acetylenes is 1. The predicted molar refractivity (Wildman–Crippen MR) is 92.5 cm³/mol. The first kappa shape index (κ1) is 15.2. The molecule has 0 aliphatic carbocycles. The van der Waals surface area contributed by atoms with Gasteiger partial charge in [-0.2, -0.15) is 0 Å². The van der Waals surface area contributed by atoms with E-state index in [0.717, 1.165) is 10.6 Å². The first-order chi connectivity index (χ1) is 11.2. The van der Waals surface area contributed by atoms with Crippen LogP contribution in [0.15, 0.2) is 53.4 Å². The van der Waals surface area contributed by atoms with Crippen molar-refractivity contribution >= 4 is 35.0 Å². The number of thioether (sulfide) groups is 1. The smallest absolute Gasteiger partial charge is 0.244 e. The number of para-hydroxylation sites is 1. The molecule has 1 N–H and O–H groups in total. The topological polar surface area (TPSA) is 49.4 Å². The normalized spacial score (nSPS) is 13.2. The SMILES string of the molecule is C#Cc1cccc(NC(=O)CN2C(=O)CSc3ccccc32)c1. The van der Waals surface area contributed by atoms with Gasteiger partial charge in [0.15, 0.2) is 0 Å². The molecule has 0 aromatic heterocycles. The summed E-state index contributed by atoms with van der Waals surface area (Å²) in [5.74, 6) is 2.54. The second-order valence-corrected chi connectivity index (χ2v) is 6.03. The summed E-state index contributed by atoms with van der Waals surface area (Å²) in [6.45, 7) is -0.0172. The van der Waals surface area contributed by atoms with Crippen LogP contribution in [0.25, 0.3) is 0 Å². The standard InChI is InChI=1S/C18H14N2O2S/c1-2-13-6-5-7-14(10-13)19-17(21)11-20-15-8-3-4-9-16(15)23-12-18(20)22/h1,3-10H,11-12H2,(H,19,21). The van der Waals surface area contributed by atoms with Crippen molar-refractivity contribution in [2.24, 2.45) is 0 Å². The molecular weight excluding hydrogens is 308 g/mol. The number of fused-ring (bicyclic) bond motifs is 1. The number of carbonyl (C=O) groups excluding carboxylic acids is 2. The molecule has 0 saturated carbocycles. The number of anilines is 2. The van der Waals surface area contributed by atoms with Crippen LogP contribution in [0.1, 0.15) is 5.56 Å². The van der Waals surface area contributed by atoms with E-state index in [-0.39, 0.29) is 18.4 Å². The third-order valence-electron chi connectivity index (χ3n) is 3.42. The van der Waals surface area contributed by atoms with Gasteiger partial charge in [-0.05, 0) is 30.3 Å². The molecule has 1 aliphatic heterocycles. The Hall–Kier alpha value is -2.71. The minimum Gasteiger partial charge on any atom is -0.324 e. The number of nitrogens with zero attached hydrogens (tertiary/aromatic N) is 1. The van der Waals surface area contributed by atoms with Crippen LogP contribution in [0.5, 0.6) is 0 Å². The molecule has 5 heteroatoms. The maximum Gasteiger partial charge on any atom is 0.244 e. The highest BCUT2D eigenvalue weighted by Gasteiger charge is 2.26. The molecule has 0 fully saturated rings. The average Bonchev–Trinajstić information content (AvgIpc) is 2.57. The first-order valence-corrected chi connectivity index (χ1v) is 8.04. The molecule has 2 aromatic rings. The Morgan fingerprint density at radius 3 is 2.91 bits per heavy atom. The van der Waals surface area contributed by atoms with Gasteiger partial charge in [-0.15, -0.1) is 18.2 Å². The molecule has 0 spiro atoms. The minimum atomic E-state index is -0.255. The van der Waals surface area contributed by atoms with E-state index in [1.807, 2.05) is 24.3 Å². The van der Waals surface area contributed by atoms with Gasteiger partial charge in [0.1, 0.15) is 6.54 Å². The van der Waals surface area contributed by atoms with E-state index >= 15 is 0 Å². The van der Waals surface area contributed by atoms with Crippen LogP contribution >= 0.6 is 11.8 Å². The van der Waals surface area contributed by atoms with Crippen LogP contribution in [-0.2, 0) is 9.59 Å². The highest BCUT2D eigenvalue weighted by Crippen LogP contribution is 2.34. The Balaban J connectivity index is 1.75. The van der Waals surface area contributed by atoms with Crippen LogP contribution < -0.4 is 10.2 Å². The number of benzene rings is 2. The zero-order valence-corrected chi connectivity index (χ0v) is 13.1. The lowest BCUT2D eigenvalue weighted by Gasteiger charge is -2.28. The molecule has 4 nitrogen and oxygen atoms in total. The highest BCUT2D eigenvalue weighted by molar-refractivity contribution is 8.00. The molecule has 0 radical (unpaired) electrons. The molecule has 3 rings (SSSR count). The monoisotopic (exact) mass is 322 g/mol. The van der Waals surface area contributed by atoms with E-state index < -0.39 is 0 Å². The molecule has 0 unspecified atom stereocenters. The molecule has 0 atom stereocenters. The third kappa shape index (κ3) is 3.38. The highest BCUT2D eigenvalue weighted by atomic mass is 32.2. The van der Waals surface area contributed by atoms with Crippen molar-refractivity contribution < 1.29 is 9.59 Å². The lowest BCUT2D eigenvalue weighted by molar-refractivity contribution is -0.120. The number of nitrogens with one attached hydrogen (secondary N) is 1. The van der Waals surface area contributed by atoms with Crippen molar-refractivity contribution in [3.63, 3.8) is 0 Å². The summed E-state index contributed by atoms with van der Waals surface area (Å²) in [6, 6.07) is 14.6. The van der Waals surface area contributed by atoms with E-state index in [1.54, 1.807) is 24.3 Å². The van der Waals surface area contributed by atoms with Crippen molar-refractivity contribution in [3.8, 4) is 12.3 Å². The van der Waals surface area contributed by atoms with Gasteiger partial charge in [0.2, 0.25) is 11.8 Å². The Morgan fingerprint density at radius 1 is 1.26 bits per heavy atom. The van der Waals surface area contributed by atoms with Gasteiger partial charge in [-0.25, -0.2) is 0 Å². The zero-order valence-electron chi connectivity index (χ0n) is 12.3. The van der Waals surface area contributed by atoms with Gasteiger partial charge in [-0.1, -0.05) is 24.1 Å². The summed E-state index contributed by atoms with van der Waals surface area (Å²) in [7, 11) is 0. The van der Waals surface area contributed by atoms with Gasteiger partial charge >= 0.3 is 0 Å². The van der Waals surface area contributed by atoms with Crippen LogP contribution in [0.3, 0.4) is 0 Å². The number of amides is 2. The molecule has 2 amide bonds. The van der Waals surface area contributed by atoms with Gasteiger partial charge in [0.05, 0.1) is 11.4 Å². The Bertz CT molecular complexity index is 811. The summed E-state index contributed by atoms with van der Waals surface area (Å²) in [4.78, 5) is 26.9. The van der Waals surface area contributed by atoms with Crippen molar-refractivity contribution in [2.45, 2.75) is 4.90 Å². The predicted octanol–water partition coefficient (Wildman–Crippen LogP) is 2.75. The lowest BCUT2D eigenvalue weighted by Crippen LogP contribution is -2.41. The zero-order chi connectivity index (χ0) is 16.2. The molecule has 2 aromatic carbocycles. The second kappa shape index (κ2) is 6.59. The molecule has 114 valence electrons. The number of hydrogen-bond acceptors (Lipinski definition) is 3. The van der Waals surface area contributed by atoms with E-state index in [9.17, 15) is 9.59 Å². The minimum absolute atomic E-state index is 0.0172. The Morgan fingerprint density at radius 2 is 2.09 bits per heavy atom. The van der Waals surface area contributed by atoms with Crippen LogP contribution in [0.2, 0.25) is 0 Å². The van der Waals surface area contributed by atoms with Gasteiger partial charge in [-0.3, -0.25) is 9.59 Å². The van der Waals surface area contributed by atoms with E-state index in [4.69, 9.17) is 6.42 Å². The molecule has 1 heterocycles. The van der Waals surface area contributed by atoms with Gasteiger partial charge < -0.3 is 10.2 Å². The lowest BCUT2D eigenvalue weighted by atomic mass is 10.2. The second-order valence-electron chi connectivity index (χ2n) is 5.01. The summed E-state index contributed by atoms with van der Waals surface area (Å²) in [6.07, 6.45) is 5.35. The average molecular weight is 322 g/mol.